The average Bonchev–Trinajstić information content (AvgIpc) is 2.37. The van der Waals surface area contributed by atoms with E-state index >= 15 is 0 Å². The number of nitrogens with two attached hydrogens (primary N) is 1. The van der Waals surface area contributed by atoms with Gasteiger partial charge in [-0.05, 0) is 25.1 Å². The number of hydrogen-bond acceptors (Lipinski definition) is 3. The minimum Gasteiger partial charge on any atom is -0.384 e. The highest BCUT2D eigenvalue weighted by Gasteiger charge is 2.35. The van der Waals surface area contributed by atoms with Gasteiger partial charge in [-0.2, -0.15) is 24.9 Å². The first-order valence-electron chi connectivity index (χ1n) is 6.20. The summed E-state index contributed by atoms with van der Waals surface area (Å²) in [6.45, 7) is 2.72. The van der Waals surface area contributed by atoms with Crippen molar-refractivity contribution in [2.24, 2.45) is 5.73 Å². The molecule has 1 atom stereocenters. The number of amidine groups is 1. The van der Waals surface area contributed by atoms with Gasteiger partial charge in [-0.15, -0.1) is 0 Å². The van der Waals surface area contributed by atoms with Gasteiger partial charge in [0.15, 0.2) is 0 Å². The zero-order valence-corrected chi connectivity index (χ0v) is 11.8. The van der Waals surface area contributed by atoms with Gasteiger partial charge in [0, 0.05) is 35.3 Å². The number of benzene rings is 1. The molecule has 20 heavy (non-hydrogen) atoms. The molecule has 1 unspecified atom stereocenters. The van der Waals surface area contributed by atoms with Crippen LogP contribution in [0.15, 0.2) is 18.2 Å². The Kier molecular flexibility index (Phi) is 4.17. The summed E-state index contributed by atoms with van der Waals surface area (Å²) in [5.74, 6) is 1.24. The van der Waals surface area contributed by atoms with E-state index in [4.69, 9.17) is 11.1 Å². The molecule has 1 aromatic rings. The SMILES string of the molecule is CC1CSCCN1c1ccc(C(=N)N)c(C(F)(F)F)c1. The van der Waals surface area contributed by atoms with Gasteiger partial charge in [-0.25, -0.2) is 0 Å². The van der Waals surface area contributed by atoms with Crippen molar-refractivity contribution in [1.29, 1.82) is 5.41 Å². The highest BCUT2D eigenvalue weighted by atomic mass is 32.2. The summed E-state index contributed by atoms with van der Waals surface area (Å²) >= 11 is 1.80. The van der Waals surface area contributed by atoms with Crippen LogP contribution < -0.4 is 10.6 Å². The Morgan fingerprint density at radius 1 is 1.45 bits per heavy atom. The summed E-state index contributed by atoms with van der Waals surface area (Å²) in [6, 6.07) is 4.19. The van der Waals surface area contributed by atoms with Crippen LogP contribution in [0.5, 0.6) is 0 Å². The van der Waals surface area contributed by atoms with Crippen molar-refractivity contribution in [2.45, 2.75) is 19.1 Å². The number of nitrogen functional groups attached to an aromatic ring is 1. The molecule has 7 heteroatoms. The van der Waals surface area contributed by atoms with E-state index in [1.807, 2.05) is 11.8 Å². The minimum absolute atomic E-state index is 0.193. The second-order valence-electron chi connectivity index (χ2n) is 4.76. The van der Waals surface area contributed by atoms with E-state index in [2.05, 4.69) is 0 Å². The third kappa shape index (κ3) is 3.03. The van der Waals surface area contributed by atoms with Crippen LogP contribution >= 0.6 is 11.8 Å². The summed E-state index contributed by atoms with van der Waals surface area (Å²) in [6.07, 6.45) is -4.51. The van der Waals surface area contributed by atoms with Crippen LogP contribution in [-0.4, -0.2) is 29.9 Å². The molecule has 0 aromatic heterocycles. The average molecular weight is 303 g/mol. The first kappa shape index (κ1) is 15.0. The van der Waals surface area contributed by atoms with Crippen molar-refractivity contribution in [3.63, 3.8) is 0 Å². The number of nitrogens with one attached hydrogen (secondary N) is 1. The van der Waals surface area contributed by atoms with Crippen LogP contribution in [0.3, 0.4) is 0 Å². The molecule has 1 saturated heterocycles. The number of thioether (sulfide) groups is 1. The van der Waals surface area contributed by atoms with E-state index in [1.165, 1.54) is 6.07 Å². The van der Waals surface area contributed by atoms with Gasteiger partial charge in [0.05, 0.1) is 5.56 Å². The molecule has 1 heterocycles. The molecular formula is C13H16F3N3S. The molecule has 1 fully saturated rings. The summed E-state index contributed by atoms with van der Waals surface area (Å²) in [5.41, 5.74) is 4.67. The molecule has 0 bridgehead atoms. The molecule has 2 rings (SSSR count). The number of nitrogens with zero attached hydrogens (tertiary/aromatic N) is 1. The molecule has 0 radical (unpaired) electrons. The van der Waals surface area contributed by atoms with Crippen LogP contribution in [0.25, 0.3) is 0 Å². The fourth-order valence-electron chi connectivity index (χ4n) is 2.29. The lowest BCUT2D eigenvalue weighted by atomic mass is 10.0. The maximum absolute atomic E-state index is 13.1. The number of rotatable bonds is 2. The van der Waals surface area contributed by atoms with Gasteiger partial charge >= 0.3 is 6.18 Å². The molecule has 1 aliphatic heterocycles. The lowest BCUT2D eigenvalue weighted by Crippen LogP contribution is -2.40. The molecule has 1 aromatic carbocycles. The van der Waals surface area contributed by atoms with Crippen molar-refractivity contribution in [1.82, 2.24) is 0 Å². The fourth-order valence-corrected chi connectivity index (χ4v) is 3.30. The van der Waals surface area contributed by atoms with Crippen LogP contribution in [0, 0.1) is 5.41 Å². The first-order valence-corrected chi connectivity index (χ1v) is 7.36. The molecule has 0 spiro atoms. The van der Waals surface area contributed by atoms with E-state index < -0.39 is 17.6 Å². The Bertz CT molecular complexity index is 516. The van der Waals surface area contributed by atoms with Gasteiger partial charge < -0.3 is 10.6 Å². The highest BCUT2D eigenvalue weighted by molar-refractivity contribution is 7.99. The largest absolute Gasteiger partial charge is 0.417 e. The topological polar surface area (TPSA) is 53.1 Å². The molecule has 0 aliphatic carbocycles. The fraction of sp³-hybridized carbons (Fsp3) is 0.462. The smallest absolute Gasteiger partial charge is 0.384 e. The Balaban J connectivity index is 2.44. The summed E-state index contributed by atoms with van der Waals surface area (Å²) in [5, 5.41) is 7.27. The lowest BCUT2D eigenvalue weighted by Gasteiger charge is -2.35. The van der Waals surface area contributed by atoms with E-state index in [0.29, 0.717) is 5.69 Å². The molecule has 3 N–H and O–H groups in total. The van der Waals surface area contributed by atoms with E-state index in [9.17, 15) is 13.2 Å². The molecule has 3 nitrogen and oxygen atoms in total. The lowest BCUT2D eigenvalue weighted by molar-refractivity contribution is -0.137. The van der Waals surface area contributed by atoms with E-state index in [0.717, 1.165) is 24.1 Å². The molecule has 110 valence electrons. The van der Waals surface area contributed by atoms with Gasteiger partial charge in [-0.1, -0.05) is 0 Å². The molecule has 0 amide bonds. The van der Waals surface area contributed by atoms with Crippen molar-refractivity contribution in [3.05, 3.63) is 29.3 Å². The first-order chi connectivity index (χ1) is 9.30. The number of hydrogen-bond donors (Lipinski definition) is 2. The third-order valence-corrected chi connectivity index (χ3v) is 4.49. The highest BCUT2D eigenvalue weighted by Crippen LogP contribution is 2.35. The van der Waals surface area contributed by atoms with Crippen molar-refractivity contribution in [2.75, 3.05) is 23.0 Å². The zero-order chi connectivity index (χ0) is 14.9. The maximum atomic E-state index is 13.1. The Hall–Kier alpha value is -1.37. The third-order valence-electron chi connectivity index (χ3n) is 3.30. The second-order valence-corrected chi connectivity index (χ2v) is 5.91. The normalized spacial score (nSPS) is 20.0. The van der Waals surface area contributed by atoms with Gasteiger partial charge in [0.25, 0.3) is 0 Å². The van der Waals surface area contributed by atoms with Gasteiger partial charge in [0.1, 0.15) is 5.84 Å². The van der Waals surface area contributed by atoms with Crippen LogP contribution in [-0.2, 0) is 6.18 Å². The van der Waals surface area contributed by atoms with Crippen LogP contribution in [0.2, 0.25) is 0 Å². The Labute approximate surface area is 119 Å². The quantitative estimate of drug-likeness (QED) is 0.652. The monoisotopic (exact) mass is 303 g/mol. The van der Waals surface area contributed by atoms with Crippen LogP contribution in [0.4, 0.5) is 18.9 Å². The Morgan fingerprint density at radius 2 is 2.15 bits per heavy atom. The predicted octanol–water partition coefficient (Wildman–Crippen LogP) is 2.93. The van der Waals surface area contributed by atoms with E-state index in [1.54, 1.807) is 17.8 Å². The standard InChI is InChI=1S/C13H16F3N3S/c1-8-7-20-5-4-19(8)9-2-3-10(12(17)18)11(6-9)13(14,15)16/h2-3,6,8H,4-5,7H2,1H3,(H3,17,18). The summed E-state index contributed by atoms with van der Waals surface area (Å²) in [7, 11) is 0. The van der Waals surface area contributed by atoms with Crippen LogP contribution in [0.1, 0.15) is 18.1 Å². The molecule has 1 aliphatic rings. The minimum atomic E-state index is -4.51. The number of anilines is 1. The summed E-state index contributed by atoms with van der Waals surface area (Å²) < 4.78 is 39.2. The molecular weight excluding hydrogens is 287 g/mol. The Morgan fingerprint density at radius 3 is 2.70 bits per heavy atom. The van der Waals surface area contributed by atoms with Crippen molar-refractivity contribution >= 4 is 23.3 Å². The zero-order valence-electron chi connectivity index (χ0n) is 11.0. The second kappa shape index (κ2) is 5.55. The molecule has 0 saturated carbocycles. The maximum Gasteiger partial charge on any atom is 0.417 e. The van der Waals surface area contributed by atoms with E-state index in [-0.39, 0.29) is 11.6 Å². The number of halogens is 3. The van der Waals surface area contributed by atoms with Crippen molar-refractivity contribution < 1.29 is 13.2 Å². The van der Waals surface area contributed by atoms with Gasteiger partial charge in [0.2, 0.25) is 0 Å². The number of alkyl halides is 3. The summed E-state index contributed by atoms with van der Waals surface area (Å²) in [4.78, 5) is 1.97. The van der Waals surface area contributed by atoms with Gasteiger partial charge in [-0.3, -0.25) is 5.41 Å². The predicted molar refractivity (Wildman–Crippen MR) is 76.6 cm³/mol. The van der Waals surface area contributed by atoms with Crippen molar-refractivity contribution in [3.8, 4) is 0 Å².